The Kier molecular flexibility index (Phi) is 4.83. The molecular formula is C18H18F2N4O2. The summed E-state index contributed by atoms with van der Waals surface area (Å²) in [7, 11) is 0. The zero-order valence-corrected chi connectivity index (χ0v) is 14.6. The van der Waals surface area contributed by atoms with E-state index >= 15 is 0 Å². The number of rotatable bonds is 5. The van der Waals surface area contributed by atoms with Crippen LogP contribution in [0.15, 0.2) is 35.0 Å². The first kappa shape index (κ1) is 17.8. The summed E-state index contributed by atoms with van der Waals surface area (Å²) in [6.07, 6.45) is 1.63. The van der Waals surface area contributed by atoms with E-state index in [1.165, 1.54) is 16.8 Å². The molecule has 0 saturated carbocycles. The molecule has 6 nitrogen and oxygen atoms in total. The minimum Gasteiger partial charge on any atom is -0.361 e. The van der Waals surface area contributed by atoms with Crippen molar-refractivity contribution in [1.82, 2.24) is 20.3 Å². The van der Waals surface area contributed by atoms with Crippen molar-refractivity contribution in [2.24, 2.45) is 0 Å². The lowest BCUT2D eigenvalue weighted by molar-refractivity contribution is -0.121. The van der Waals surface area contributed by atoms with Crippen molar-refractivity contribution in [1.29, 1.82) is 0 Å². The number of aryl methyl sites for hydroxylation is 1. The molecular weight excluding hydrogens is 342 g/mol. The van der Waals surface area contributed by atoms with Gasteiger partial charge in [0.15, 0.2) is 5.82 Å². The Morgan fingerprint density at radius 1 is 1.31 bits per heavy atom. The van der Waals surface area contributed by atoms with Gasteiger partial charge in [0.1, 0.15) is 17.3 Å². The molecule has 0 unspecified atom stereocenters. The summed E-state index contributed by atoms with van der Waals surface area (Å²) in [5.74, 6) is -1.11. The van der Waals surface area contributed by atoms with Gasteiger partial charge in [0.05, 0.1) is 24.4 Å². The first-order valence-corrected chi connectivity index (χ1v) is 8.06. The number of hydrogen-bond acceptors (Lipinski definition) is 4. The molecule has 2 heterocycles. The Labute approximate surface area is 148 Å². The Morgan fingerprint density at radius 3 is 2.73 bits per heavy atom. The fourth-order valence-corrected chi connectivity index (χ4v) is 2.77. The summed E-state index contributed by atoms with van der Waals surface area (Å²) in [5, 5.41) is 10.8. The average Bonchev–Trinajstić information content (AvgIpc) is 3.13. The minimum absolute atomic E-state index is 0.0744. The molecule has 0 aliphatic carbocycles. The van der Waals surface area contributed by atoms with Crippen molar-refractivity contribution in [2.75, 3.05) is 0 Å². The van der Waals surface area contributed by atoms with Crippen molar-refractivity contribution >= 4 is 5.91 Å². The summed E-state index contributed by atoms with van der Waals surface area (Å²) in [5.41, 5.74) is 2.24. The number of amides is 1. The minimum atomic E-state index is -0.708. The fourth-order valence-electron chi connectivity index (χ4n) is 2.77. The number of nitrogens with zero attached hydrogens (tertiary/aromatic N) is 3. The van der Waals surface area contributed by atoms with Gasteiger partial charge in [0.25, 0.3) is 0 Å². The molecule has 0 bridgehead atoms. The highest BCUT2D eigenvalue weighted by atomic mass is 19.1. The van der Waals surface area contributed by atoms with Gasteiger partial charge < -0.3 is 9.84 Å². The van der Waals surface area contributed by atoms with Crippen LogP contribution in [0.4, 0.5) is 8.78 Å². The first-order chi connectivity index (χ1) is 12.3. The molecule has 26 heavy (non-hydrogen) atoms. The zero-order valence-electron chi connectivity index (χ0n) is 14.6. The Morgan fingerprint density at radius 2 is 2.08 bits per heavy atom. The highest BCUT2D eigenvalue weighted by molar-refractivity contribution is 5.78. The maximum atomic E-state index is 14.0. The van der Waals surface area contributed by atoms with E-state index in [0.29, 0.717) is 17.1 Å². The van der Waals surface area contributed by atoms with Gasteiger partial charge in [-0.3, -0.25) is 4.79 Å². The van der Waals surface area contributed by atoms with E-state index in [1.807, 2.05) is 0 Å². The van der Waals surface area contributed by atoms with E-state index in [2.05, 4.69) is 15.6 Å². The number of benzene rings is 1. The van der Waals surface area contributed by atoms with Crippen molar-refractivity contribution < 1.29 is 18.1 Å². The SMILES string of the molecule is Cc1cc(CC(=O)N[C@H](C)c2cnn(-c3ccc(F)cc3F)c2C)on1. The smallest absolute Gasteiger partial charge is 0.228 e. The van der Waals surface area contributed by atoms with Gasteiger partial charge in [0, 0.05) is 23.4 Å². The molecule has 1 amide bonds. The fraction of sp³-hybridized carbons (Fsp3) is 0.278. The summed E-state index contributed by atoms with van der Waals surface area (Å²) in [6, 6.07) is 4.66. The number of nitrogens with one attached hydrogen (secondary N) is 1. The third kappa shape index (κ3) is 3.63. The van der Waals surface area contributed by atoms with Crippen molar-refractivity contribution in [2.45, 2.75) is 33.2 Å². The molecule has 1 atom stereocenters. The molecule has 8 heteroatoms. The van der Waals surface area contributed by atoms with E-state index in [1.54, 1.807) is 33.0 Å². The zero-order chi connectivity index (χ0) is 18.8. The predicted molar refractivity (Wildman–Crippen MR) is 89.7 cm³/mol. The van der Waals surface area contributed by atoms with Crippen LogP contribution in [0, 0.1) is 25.5 Å². The van der Waals surface area contributed by atoms with Gasteiger partial charge in [-0.05, 0) is 32.9 Å². The van der Waals surface area contributed by atoms with Crippen LogP contribution in [0.1, 0.15) is 35.7 Å². The summed E-state index contributed by atoms with van der Waals surface area (Å²) >= 11 is 0. The second kappa shape index (κ2) is 7.07. The molecule has 136 valence electrons. The molecule has 0 spiro atoms. The number of hydrogen-bond donors (Lipinski definition) is 1. The number of carbonyl (C=O) groups is 1. The van der Waals surface area contributed by atoms with Crippen LogP contribution in [0.3, 0.4) is 0 Å². The van der Waals surface area contributed by atoms with Crippen molar-refractivity contribution in [3.05, 3.63) is 64.8 Å². The quantitative estimate of drug-likeness (QED) is 0.758. The molecule has 0 saturated heterocycles. The number of carbonyl (C=O) groups excluding carboxylic acids is 1. The Hall–Kier alpha value is -3.03. The van der Waals surface area contributed by atoms with E-state index in [-0.39, 0.29) is 24.1 Å². The van der Waals surface area contributed by atoms with E-state index in [0.717, 1.165) is 11.6 Å². The number of aromatic nitrogens is 3. The second-order valence-electron chi connectivity index (χ2n) is 6.09. The molecule has 0 radical (unpaired) electrons. The monoisotopic (exact) mass is 360 g/mol. The number of halogens is 2. The summed E-state index contributed by atoms with van der Waals surface area (Å²) in [4.78, 5) is 12.2. The van der Waals surface area contributed by atoms with Crippen LogP contribution in [0.25, 0.3) is 5.69 Å². The van der Waals surface area contributed by atoms with Gasteiger partial charge in [-0.1, -0.05) is 5.16 Å². The van der Waals surface area contributed by atoms with Gasteiger partial charge in [0.2, 0.25) is 5.91 Å². The topological polar surface area (TPSA) is 73.0 Å². The molecule has 3 rings (SSSR count). The lowest BCUT2D eigenvalue weighted by Crippen LogP contribution is -2.28. The highest BCUT2D eigenvalue weighted by Crippen LogP contribution is 2.22. The van der Waals surface area contributed by atoms with Crippen LogP contribution in [0.2, 0.25) is 0 Å². The first-order valence-electron chi connectivity index (χ1n) is 8.06. The third-order valence-electron chi connectivity index (χ3n) is 4.04. The maximum Gasteiger partial charge on any atom is 0.228 e. The molecule has 0 aliphatic heterocycles. The molecule has 2 aromatic heterocycles. The lowest BCUT2D eigenvalue weighted by atomic mass is 10.1. The van der Waals surface area contributed by atoms with E-state index < -0.39 is 11.6 Å². The maximum absolute atomic E-state index is 14.0. The Bertz CT molecular complexity index is 949. The van der Waals surface area contributed by atoms with E-state index in [4.69, 9.17) is 4.52 Å². The van der Waals surface area contributed by atoms with Crippen molar-refractivity contribution in [3.8, 4) is 5.69 Å². The average molecular weight is 360 g/mol. The summed E-state index contributed by atoms with van der Waals surface area (Å²) < 4.78 is 33.5. The molecule has 1 N–H and O–H groups in total. The van der Waals surface area contributed by atoms with Gasteiger partial charge in [-0.25, -0.2) is 13.5 Å². The van der Waals surface area contributed by atoms with Crippen LogP contribution < -0.4 is 5.32 Å². The molecule has 0 fully saturated rings. The van der Waals surface area contributed by atoms with Crippen LogP contribution >= 0.6 is 0 Å². The standard InChI is InChI=1S/C18H18F2N4O2/c1-10-6-14(26-23-10)8-18(25)22-11(2)15-9-21-24(12(15)3)17-5-4-13(19)7-16(17)20/h4-7,9,11H,8H2,1-3H3,(H,22,25)/t11-/m1/s1. The molecule has 3 aromatic rings. The van der Waals surface area contributed by atoms with Crippen molar-refractivity contribution in [3.63, 3.8) is 0 Å². The predicted octanol–water partition coefficient (Wildman–Crippen LogP) is 3.18. The van der Waals surface area contributed by atoms with Crippen LogP contribution in [-0.4, -0.2) is 20.8 Å². The highest BCUT2D eigenvalue weighted by Gasteiger charge is 2.19. The lowest BCUT2D eigenvalue weighted by Gasteiger charge is -2.14. The Balaban J connectivity index is 1.75. The normalized spacial score (nSPS) is 12.2. The van der Waals surface area contributed by atoms with E-state index in [9.17, 15) is 13.6 Å². The van der Waals surface area contributed by atoms with Gasteiger partial charge >= 0.3 is 0 Å². The molecule has 0 aliphatic rings. The van der Waals surface area contributed by atoms with Gasteiger partial charge in [-0.15, -0.1) is 0 Å². The molecule has 1 aromatic carbocycles. The van der Waals surface area contributed by atoms with Crippen LogP contribution in [-0.2, 0) is 11.2 Å². The third-order valence-corrected chi connectivity index (χ3v) is 4.04. The summed E-state index contributed by atoms with van der Waals surface area (Å²) in [6.45, 7) is 5.34. The second-order valence-corrected chi connectivity index (χ2v) is 6.09. The van der Waals surface area contributed by atoms with Crippen LogP contribution in [0.5, 0.6) is 0 Å². The largest absolute Gasteiger partial charge is 0.361 e. The van der Waals surface area contributed by atoms with Gasteiger partial charge in [-0.2, -0.15) is 5.10 Å².